The molecule has 5 nitrogen and oxygen atoms in total. The fourth-order valence-electron chi connectivity index (χ4n) is 2.70. The topological polar surface area (TPSA) is 78.4 Å². The number of carbonyl (C=O) groups excluding carboxylic acids is 1. The van der Waals surface area contributed by atoms with E-state index in [0.29, 0.717) is 10.6 Å². The van der Waals surface area contributed by atoms with Crippen molar-refractivity contribution in [1.82, 2.24) is 5.32 Å². The number of nitrogens with one attached hydrogen (secondary N) is 2. The molecule has 1 aliphatic carbocycles. The van der Waals surface area contributed by atoms with E-state index in [1.165, 1.54) is 0 Å². The Kier molecular flexibility index (Phi) is 5.76. The summed E-state index contributed by atoms with van der Waals surface area (Å²) in [5, 5.41) is 15.1. The highest BCUT2D eigenvalue weighted by Crippen LogP contribution is 2.24. The minimum absolute atomic E-state index is 0.0206. The molecule has 1 fully saturated rings. The SMILES string of the molecule is CS(=O)c1cccc(NC(=O)NC2CCCCC2CO)c1. The number of aliphatic hydroxyl groups is 1. The summed E-state index contributed by atoms with van der Waals surface area (Å²) >= 11 is 0. The molecular weight excluding hydrogens is 288 g/mol. The lowest BCUT2D eigenvalue weighted by Gasteiger charge is -2.30. The molecule has 1 saturated carbocycles. The number of hydrogen-bond donors (Lipinski definition) is 3. The van der Waals surface area contributed by atoms with Crippen LogP contribution >= 0.6 is 0 Å². The second-order valence-corrected chi connectivity index (χ2v) is 6.79. The minimum Gasteiger partial charge on any atom is -0.396 e. The van der Waals surface area contributed by atoms with E-state index in [-0.39, 0.29) is 24.6 Å². The third-order valence-electron chi connectivity index (χ3n) is 3.88. The summed E-state index contributed by atoms with van der Waals surface area (Å²) < 4.78 is 11.4. The Morgan fingerprint density at radius 1 is 1.38 bits per heavy atom. The Bertz CT molecular complexity index is 521. The lowest BCUT2D eigenvalue weighted by Crippen LogP contribution is -2.45. The summed E-state index contributed by atoms with van der Waals surface area (Å²) in [5.41, 5.74) is 0.622. The maximum Gasteiger partial charge on any atom is 0.319 e. The third kappa shape index (κ3) is 4.54. The Morgan fingerprint density at radius 2 is 2.14 bits per heavy atom. The normalized spacial score (nSPS) is 23.3. The van der Waals surface area contributed by atoms with Crippen molar-refractivity contribution in [2.24, 2.45) is 5.92 Å². The Labute approximate surface area is 127 Å². The summed E-state index contributed by atoms with van der Waals surface area (Å²) in [7, 11) is -1.07. The van der Waals surface area contributed by atoms with Gasteiger partial charge in [0.15, 0.2) is 0 Å². The monoisotopic (exact) mass is 310 g/mol. The molecule has 3 atom stereocenters. The predicted octanol–water partition coefficient (Wildman–Crippen LogP) is 2.10. The maximum atomic E-state index is 12.0. The predicted molar refractivity (Wildman–Crippen MR) is 83.8 cm³/mol. The summed E-state index contributed by atoms with van der Waals surface area (Å²) in [4.78, 5) is 12.7. The minimum atomic E-state index is -1.07. The highest BCUT2D eigenvalue weighted by Gasteiger charge is 2.25. The molecule has 2 rings (SSSR count). The summed E-state index contributed by atoms with van der Waals surface area (Å²) in [6, 6.07) is 6.75. The van der Waals surface area contributed by atoms with Crippen molar-refractivity contribution < 1.29 is 14.1 Å². The van der Waals surface area contributed by atoms with Crippen molar-refractivity contribution in [3.63, 3.8) is 0 Å². The van der Waals surface area contributed by atoms with E-state index in [1.54, 1.807) is 30.5 Å². The molecular formula is C15H22N2O3S. The second-order valence-electron chi connectivity index (χ2n) is 5.41. The van der Waals surface area contributed by atoms with Gasteiger partial charge in [-0.25, -0.2) is 4.79 Å². The first-order valence-electron chi connectivity index (χ1n) is 7.22. The van der Waals surface area contributed by atoms with Crippen LogP contribution in [0, 0.1) is 5.92 Å². The van der Waals surface area contributed by atoms with Crippen LogP contribution in [0.5, 0.6) is 0 Å². The van der Waals surface area contributed by atoms with Crippen molar-refractivity contribution in [3.8, 4) is 0 Å². The van der Waals surface area contributed by atoms with Gasteiger partial charge in [-0.05, 0) is 31.0 Å². The molecule has 3 unspecified atom stereocenters. The molecule has 0 radical (unpaired) electrons. The smallest absolute Gasteiger partial charge is 0.319 e. The van der Waals surface area contributed by atoms with E-state index in [0.717, 1.165) is 25.7 Å². The van der Waals surface area contributed by atoms with E-state index in [4.69, 9.17) is 0 Å². The zero-order valence-corrected chi connectivity index (χ0v) is 13.0. The lowest BCUT2D eigenvalue weighted by atomic mass is 9.85. The molecule has 1 aliphatic rings. The molecule has 6 heteroatoms. The molecule has 21 heavy (non-hydrogen) atoms. The van der Waals surface area contributed by atoms with Crippen molar-refractivity contribution in [2.75, 3.05) is 18.2 Å². The van der Waals surface area contributed by atoms with Gasteiger partial charge >= 0.3 is 6.03 Å². The third-order valence-corrected chi connectivity index (χ3v) is 4.80. The molecule has 0 bridgehead atoms. The van der Waals surface area contributed by atoms with Gasteiger partial charge in [-0.1, -0.05) is 18.9 Å². The van der Waals surface area contributed by atoms with Crippen LogP contribution in [0.4, 0.5) is 10.5 Å². The van der Waals surface area contributed by atoms with E-state index in [2.05, 4.69) is 10.6 Å². The molecule has 3 N–H and O–H groups in total. The van der Waals surface area contributed by atoms with Gasteiger partial charge in [-0.2, -0.15) is 0 Å². The fraction of sp³-hybridized carbons (Fsp3) is 0.533. The van der Waals surface area contributed by atoms with Crippen molar-refractivity contribution in [2.45, 2.75) is 36.6 Å². The average molecular weight is 310 g/mol. The van der Waals surface area contributed by atoms with Gasteiger partial charge in [0, 0.05) is 46.2 Å². The van der Waals surface area contributed by atoms with Crippen LogP contribution in [0.2, 0.25) is 0 Å². The van der Waals surface area contributed by atoms with Gasteiger partial charge in [0.05, 0.1) is 0 Å². The van der Waals surface area contributed by atoms with Crippen molar-refractivity contribution in [1.29, 1.82) is 0 Å². The molecule has 1 aromatic carbocycles. The Balaban J connectivity index is 1.95. The standard InChI is InChI=1S/C15H22N2O3S/c1-21(20)13-7-4-6-12(9-13)16-15(19)17-14-8-3-2-5-11(14)10-18/h4,6-7,9,11,14,18H,2-3,5,8,10H2,1H3,(H2,16,17,19). The van der Waals surface area contributed by atoms with Gasteiger partial charge in [0.1, 0.15) is 0 Å². The molecule has 1 aromatic rings. The first kappa shape index (κ1) is 16.0. The summed E-state index contributed by atoms with van der Waals surface area (Å²) in [6.07, 6.45) is 5.64. The number of rotatable bonds is 4. The van der Waals surface area contributed by atoms with E-state index >= 15 is 0 Å². The molecule has 0 spiro atoms. The first-order chi connectivity index (χ1) is 10.1. The number of carbonyl (C=O) groups is 1. The van der Waals surface area contributed by atoms with Crippen LogP contribution in [0.1, 0.15) is 25.7 Å². The number of urea groups is 1. The van der Waals surface area contributed by atoms with Gasteiger partial charge < -0.3 is 15.7 Å². The number of amides is 2. The highest BCUT2D eigenvalue weighted by atomic mass is 32.2. The highest BCUT2D eigenvalue weighted by molar-refractivity contribution is 7.84. The number of anilines is 1. The van der Waals surface area contributed by atoms with Crippen LogP contribution in [0.3, 0.4) is 0 Å². The van der Waals surface area contributed by atoms with Crippen LogP contribution in [-0.2, 0) is 10.8 Å². The number of hydrogen-bond acceptors (Lipinski definition) is 3. The first-order valence-corrected chi connectivity index (χ1v) is 8.78. The molecule has 0 aromatic heterocycles. The van der Waals surface area contributed by atoms with Crippen molar-refractivity contribution in [3.05, 3.63) is 24.3 Å². The largest absolute Gasteiger partial charge is 0.396 e. The molecule has 0 aliphatic heterocycles. The summed E-state index contributed by atoms with van der Waals surface area (Å²) in [6.45, 7) is 0.106. The van der Waals surface area contributed by atoms with Gasteiger partial charge in [0.25, 0.3) is 0 Å². The van der Waals surface area contributed by atoms with Gasteiger partial charge in [0.2, 0.25) is 0 Å². The molecule has 0 saturated heterocycles. The quantitative estimate of drug-likeness (QED) is 0.797. The van der Waals surface area contributed by atoms with E-state index < -0.39 is 10.8 Å². The lowest BCUT2D eigenvalue weighted by molar-refractivity contribution is 0.156. The number of benzene rings is 1. The Morgan fingerprint density at radius 3 is 2.86 bits per heavy atom. The zero-order valence-electron chi connectivity index (χ0n) is 12.2. The van der Waals surface area contributed by atoms with Crippen LogP contribution in [0.15, 0.2) is 29.2 Å². The van der Waals surface area contributed by atoms with Crippen molar-refractivity contribution >= 4 is 22.5 Å². The van der Waals surface area contributed by atoms with E-state index in [9.17, 15) is 14.1 Å². The fourth-order valence-corrected chi connectivity index (χ4v) is 3.27. The van der Waals surface area contributed by atoms with E-state index in [1.807, 2.05) is 0 Å². The summed E-state index contributed by atoms with van der Waals surface area (Å²) in [5.74, 6) is 0.138. The van der Waals surface area contributed by atoms with Crippen LogP contribution < -0.4 is 10.6 Å². The maximum absolute atomic E-state index is 12.0. The van der Waals surface area contributed by atoms with Gasteiger partial charge in [-0.15, -0.1) is 0 Å². The second kappa shape index (κ2) is 7.56. The molecule has 116 valence electrons. The Hall–Kier alpha value is -1.40. The van der Waals surface area contributed by atoms with Crippen LogP contribution in [0.25, 0.3) is 0 Å². The molecule has 0 heterocycles. The average Bonchev–Trinajstić information content (AvgIpc) is 2.48. The van der Waals surface area contributed by atoms with Gasteiger partial charge in [-0.3, -0.25) is 4.21 Å². The molecule has 2 amide bonds. The van der Waals surface area contributed by atoms with Crippen LogP contribution in [-0.4, -0.2) is 34.3 Å². The zero-order chi connectivity index (χ0) is 15.2. The number of aliphatic hydroxyl groups excluding tert-OH is 1.